The van der Waals surface area contributed by atoms with Crippen molar-refractivity contribution in [3.63, 3.8) is 0 Å². The molecular formula is C9H11NOS. The van der Waals surface area contributed by atoms with Gasteiger partial charge in [0.25, 0.3) is 0 Å². The molecule has 1 aromatic carbocycles. The van der Waals surface area contributed by atoms with Crippen LogP contribution in [0.4, 0.5) is 0 Å². The minimum Gasteiger partial charge on any atom is -0.411 e. The Morgan fingerprint density at radius 2 is 2.25 bits per heavy atom. The van der Waals surface area contributed by atoms with Crippen molar-refractivity contribution in [2.45, 2.75) is 11.8 Å². The molecule has 0 heterocycles. The van der Waals surface area contributed by atoms with Gasteiger partial charge in [-0.25, -0.2) is 0 Å². The smallest absolute Gasteiger partial charge is 0.0837 e. The molecule has 0 unspecified atom stereocenters. The van der Waals surface area contributed by atoms with E-state index >= 15 is 0 Å². The number of oxime groups is 1. The van der Waals surface area contributed by atoms with E-state index in [0.29, 0.717) is 5.71 Å². The lowest BCUT2D eigenvalue weighted by atomic mass is 10.1. The molecule has 0 bridgehead atoms. The van der Waals surface area contributed by atoms with Gasteiger partial charge in [0, 0.05) is 10.5 Å². The Bertz CT molecular complexity index is 296. The highest BCUT2D eigenvalue weighted by Gasteiger charge is 1.97. The highest BCUT2D eigenvalue weighted by atomic mass is 32.2. The predicted molar refractivity (Wildman–Crippen MR) is 52.2 cm³/mol. The molecule has 0 amide bonds. The Balaban J connectivity index is 3.02. The summed E-state index contributed by atoms with van der Waals surface area (Å²) in [7, 11) is 0. The average molecular weight is 181 g/mol. The van der Waals surface area contributed by atoms with Crippen LogP contribution in [0, 0.1) is 0 Å². The summed E-state index contributed by atoms with van der Waals surface area (Å²) in [6.45, 7) is 1.78. The largest absolute Gasteiger partial charge is 0.411 e. The van der Waals surface area contributed by atoms with Gasteiger partial charge < -0.3 is 5.21 Å². The zero-order chi connectivity index (χ0) is 8.97. The fraction of sp³-hybridized carbons (Fsp3) is 0.222. The number of benzene rings is 1. The zero-order valence-electron chi connectivity index (χ0n) is 7.11. The predicted octanol–water partition coefficient (Wildman–Crippen LogP) is 2.61. The second-order valence-electron chi connectivity index (χ2n) is 2.42. The SMILES string of the molecule is CSc1cccc(C(C)=NO)c1. The van der Waals surface area contributed by atoms with Crippen molar-refractivity contribution in [3.05, 3.63) is 29.8 Å². The molecule has 0 atom stereocenters. The fourth-order valence-electron chi connectivity index (χ4n) is 0.906. The van der Waals surface area contributed by atoms with Crippen molar-refractivity contribution in [1.29, 1.82) is 0 Å². The first-order valence-corrected chi connectivity index (χ1v) is 4.83. The molecule has 1 aromatic rings. The van der Waals surface area contributed by atoms with Gasteiger partial charge in [-0.05, 0) is 25.3 Å². The second kappa shape index (κ2) is 4.16. The summed E-state index contributed by atoms with van der Waals surface area (Å²) in [4.78, 5) is 1.18. The summed E-state index contributed by atoms with van der Waals surface area (Å²) in [5.74, 6) is 0. The summed E-state index contributed by atoms with van der Waals surface area (Å²) in [6, 6.07) is 7.91. The molecule has 0 spiro atoms. The van der Waals surface area contributed by atoms with Crippen LogP contribution in [0.2, 0.25) is 0 Å². The van der Waals surface area contributed by atoms with E-state index in [2.05, 4.69) is 5.16 Å². The van der Waals surface area contributed by atoms with Crippen LogP contribution in [-0.2, 0) is 0 Å². The first-order valence-electron chi connectivity index (χ1n) is 3.61. The van der Waals surface area contributed by atoms with Crippen molar-refractivity contribution < 1.29 is 5.21 Å². The van der Waals surface area contributed by atoms with Crippen LogP contribution in [0.15, 0.2) is 34.3 Å². The number of hydrogen-bond donors (Lipinski definition) is 1. The Morgan fingerprint density at radius 1 is 1.50 bits per heavy atom. The molecular weight excluding hydrogens is 170 g/mol. The number of hydrogen-bond acceptors (Lipinski definition) is 3. The van der Waals surface area contributed by atoms with E-state index in [4.69, 9.17) is 5.21 Å². The highest BCUT2D eigenvalue weighted by Crippen LogP contribution is 2.16. The molecule has 0 fully saturated rings. The van der Waals surface area contributed by atoms with Crippen molar-refractivity contribution in [2.24, 2.45) is 5.16 Å². The van der Waals surface area contributed by atoms with Gasteiger partial charge in [-0.3, -0.25) is 0 Å². The lowest BCUT2D eigenvalue weighted by molar-refractivity contribution is 0.319. The third-order valence-electron chi connectivity index (χ3n) is 1.64. The van der Waals surface area contributed by atoms with Crippen molar-refractivity contribution in [2.75, 3.05) is 6.26 Å². The molecule has 0 saturated carbocycles. The average Bonchev–Trinajstić information content (AvgIpc) is 2.17. The van der Waals surface area contributed by atoms with Crippen LogP contribution in [0.1, 0.15) is 12.5 Å². The van der Waals surface area contributed by atoms with Crippen LogP contribution < -0.4 is 0 Å². The first-order chi connectivity index (χ1) is 5.77. The summed E-state index contributed by atoms with van der Waals surface area (Å²) < 4.78 is 0. The molecule has 0 saturated heterocycles. The van der Waals surface area contributed by atoms with Crippen LogP contribution in [0.5, 0.6) is 0 Å². The van der Waals surface area contributed by atoms with E-state index in [9.17, 15) is 0 Å². The Labute approximate surface area is 76.3 Å². The summed E-state index contributed by atoms with van der Waals surface area (Å²) in [6.07, 6.45) is 2.02. The van der Waals surface area contributed by atoms with Gasteiger partial charge in [0.1, 0.15) is 0 Å². The second-order valence-corrected chi connectivity index (χ2v) is 3.30. The molecule has 12 heavy (non-hydrogen) atoms. The number of nitrogens with zero attached hydrogens (tertiary/aromatic N) is 1. The van der Waals surface area contributed by atoms with Gasteiger partial charge in [-0.15, -0.1) is 11.8 Å². The Kier molecular flexibility index (Phi) is 3.17. The topological polar surface area (TPSA) is 32.6 Å². The van der Waals surface area contributed by atoms with Gasteiger partial charge in [0.15, 0.2) is 0 Å². The van der Waals surface area contributed by atoms with Crippen LogP contribution in [0.25, 0.3) is 0 Å². The lowest BCUT2D eigenvalue weighted by Crippen LogP contribution is -1.93. The molecule has 0 aliphatic rings. The van der Waals surface area contributed by atoms with Crippen molar-refractivity contribution >= 4 is 17.5 Å². The van der Waals surface area contributed by atoms with Crippen molar-refractivity contribution in [3.8, 4) is 0 Å². The van der Waals surface area contributed by atoms with Gasteiger partial charge in [-0.2, -0.15) is 0 Å². The molecule has 2 nitrogen and oxygen atoms in total. The third kappa shape index (κ3) is 2.01. The fourth-order valence-corrected chi connectivity index (χ4v) is 1.37. The highest BCUT2D eigenvalue weighted by molar-refractivity contribution is 7.98. The molecule has 64 valence electrons. The summed E-state index contributed by atoms with van der Waals surface area (Å²) in [5, 5.41) is 11.7. The van der Waals surface area contributed by atoms with E-state index in [1.165, 1.54) is 4.90 Å². The molecule has 0 aliphatic heterocycles. The molecule has 3 heteroatoms. The van der Waals surface area contributed by atoms with E-state index in [1.54, 1.807) is 18.7 Å². The van der Waals surface area contributed by atoms with Gasteiger partial charge in [0.05, 0.1) is 5.71 Å². The molecule has 0 aromatic heterocycles. The molecule has 1 N–H and O–H groups in total. The molecule has 0 radical (unpaired) electrons. The standard InChI is InChI=1S/C9H11NOS/c1-7(10-11)8-4-3-5-9(6-8)12-2/h3-6,11H,1-2H3. The monoisotopic (exact) mass is 181 g/mol. The molecule has 1 rings (SSSR count). The van der Waals surface area contributed by atoms with E-state index in [1.807, 2.05) is 30.5 Å². The van der Waals surface area contributed by atoms with E-state index in [0.717, 1.165) is 5.56 Å². The first kappa shape index (κ1) is 9.13. The minimum atomic E-state index is 0.644. The maximum Gasteiger partial charge on any atom is 0.0837 e. The Hall–Kier alpha value is -0.960. The minimum absolute atomic E-state index is 0.644. The zero-order valence-corrected chi connectivity index (χ0v) is 7.93. The number of rotatable bonds is 2. The van der Waals surface area contributed by atoms with Crippen LogP contribution >= 0.6 is 11.8 Å². The quantitative estimate of drug-likeness (QED) is 0.329. The summed E-state index contributed by atoms with van der Waals surface area (Å²) in [5.41, 5.74) is 1.61. The normalized spacial score (nSPS) is 11.7. The van der Waals surface area contributed by atoms with E-state index < -0.39 is 0 Å². The van der Waals surface area contributed by atoms with Crippen LogP contribution in [0.3, 0.4) is 0 Å². The summed E-state index contributed by atoms with van der Waals surface area (Å²) >= 11 is 1.67. The maximum absolute atomic E-state index is 8.53. The third-order valence-corrected chi connectivity index (χ3v) is 2.36. The van der Waals surface area contributed by atoms with Gasteiger partial charge in [0.2, 0.25) is 0 Å². The Morgan fingerprint density at radius 3 is 2.83 bits per heavy atom. The van der Waals surface area contributed by atoms with E-state index in [-0.39, 0.29) is 0 Å². The lowest BCUT2D eigenvalue weighted by Gasteiger charge is -2.00. The molecule has 0 aliphatic carbocycles. The number of thioether (sulfide) groups is 1. The van der Waals surface area contributed by atoms with Crippen molar-refractivity contribution in [1.82, 2.24) is 0 Å². The van der Waals surface area contributed by atoms with Gasteiger partial charge >= 0.3 is 0 Å². The van der Waals surface area contributed by atoms with Gasteiger partial charge in [-0.1, -0.05) is 17.3 Å². The maximum atomic E-state index is 8.53. The van der Waals surface area contributed by atoms with Crippen LogP contribution in [-0.4, -0.2) is 17.2 Å².